The second kappa shape index (κ2) is 9.22. The second-order valence-corrected chi connectivity index (χ2v) is 5.72. The minimum atomic E-state index is -5.69. The molecule has 1 aliphatic rings. The van der Waals surface area contributed by atoms with E-state index in [1.54, 1.807) is 0 Å². The van der Waals surface area contributed by atoms with Crippen LogP contribution in [0, 0.1) is 0 Å². The summed E-state index contributed by atoms with van der Waals surface area (Å²) in [6, 6.07) is 0. The van der Waals surface area contributed by atoms with Crippen LogP contribution in [0.4, 0.5) is 43.9 Å². The highest BCUT2D eigenvalue weighted by molar-refractivity contribution is 4.98. The van der Waals surface area contributed by atoms with Crippen LogP contribution in [0.25, 0.3) is 0 Å². The standard InChI is InChI=1S/C14H16F10O5/c1-3-27-9(13(19,20)21)11(15,16)7-4-26-5-8(29-7)12(17,18)10(14(22,23)24)28-6-25-2/h3,7-10H,1,4-6H2,2H3. The Bertz CT molecular complexity index is 536. The zero-order valence-corrected chi connectivity index (χ0v) is 14.5. The van der Waals surface area contributed by atoms with Crippen LogP contribution in [0.2, 0.25) is 0 Å². The molecule has 0 saturated carbocycles. The maximum absolute atomic E-state index is 14.3. The van der Waals surface area contributed by atoms with Crippen LogP contribution in [0.15, 0.2) is 12.8 Å². The Morgan fingerprint density at radius 1 is 0.897 bits per heavy atom. The third kappa shape index (κ3) is 6.08. The molecule has 29 heavy (non-hydrogen) atoms. The molecule has 0 aromatic rings. The van der Waals surface area contributed by atoms with E-state index < -0.39 is 68.6 Å². The third-order valence-electron chi connectivity index (χ3n) is 3.60. The van der Waals surface area contributed by atoms with Crippen molar-refractivity contribution in [3.8, 4) is 0 Å². The molecule has 1 saturated heterocycles. The number of halogens is 10. The topological polar surface area (TPSA) is 46.2 Å². The van der Waals surface area contributed by atoms with E-state index >= 15 is 0 Å². The van der Waals surface area contributed by atoms with Gasteiger partial charge in [0.1, 0.15) is 19.0 Å². The molecule has 0 spiro atoms. The van der Waals surface area contributed by atoms with Crippen LogP contribution >= 0.6 is 0 Å². The molecule has 0 amide bonds. The Hall–Kier alpha value is -1.32. The highest BCUT2D eigenvalue weighted by Gasteiger charge is 2.66. The molecule has 0 aromatic carbocycles. The summed E-state index contributed by atoms with van der Waals surface area (Å²) in [5, 5.41) is 0. The lowest BCUT2D eigenvalue weighted by molar-refractivity contribution is -0.357. The Kier molecular flexibility index (Phi) is 8.18. The van der Waals surface area contributed by atoms with Gasteiger partial charge in [-0.3, -0.25) is 0 Å². The van der Waals surface area contributed by atoms with Gasteiger partial charge in [-0.05, 0) is 0 Å². The Balaban J connectivity index is 3.14. The molecule has 0 aromatic heterocycles. The lowest BCUT2D eigenvalue weighted by atomic mass is 10.0. The number of hydrogen-bond donors (Lipinski definition) is 0. The maximum atomic E-state index is 14.3. The van der Waals surface area contributed by atoms with Gasteiger partial charge in [0.2, 0.25) is 6.10 Å². The number of alkyl halides is 10. The smallest absolute Gasteiger partial charge is 0.431 e. The first-order chi connectivity index (χ1) is 13.1. The van der Waals surface area contributed by atoms with E-state index in [0.717, 1.165) is 7.11 Å². The Labute approximate surface area is 157 Å². The van der Waals surface area contributed by atoms with E-state index in [9.17, 15) is 43.9 Å². The zero-order valence-electron chi connectivity index (χ0n) is 14.5. The molecule has 1 fully saturated rings. The molecule has 1 heterocycles. The number of rotatable bonds is 9. The minimum absolute atomic E-state index is 0.0418. The molecule has 0 bridgehead atoms. The first kappa shape index (κ1) is 25.7. The SMILES string of the molecule is C=COC(C(F)(F)F)C(F)(F)C1COCC(C(F)(F)C(OCOC)C(F)(F)F)O1. The average Bonchev–Trinajstić information content (AvgIpc) is 2.57. The van der Waals surface area contributed by atoms with E-state index in [1.807, 2.05) is 0 Å². The fourth-order valence-corrected chi connectivity index (χ4v) is 2.34. The Morgan fingerprint density at radius 2 is 1.34 bits per heavy atom. The lowest BCUT2D eigenvalue weighted by Crippen LogP contribution is -2.63. The fraction of sp³-hybridized carbons (Fsp3) is 0.857. The normalized spacial score (nSPS) is 24.1. The minimum Gasteiger partial charge on any atom is -0.483 e. The monoisotopic (exact) mass is 454 g/mol. The lowest BCUT2D eigenvalue weighted by Gasteiger charge is -2.41. The van der Waals surface area contributed by atoms with Crippen molar-refractivity contribution >= 4 is 0 Å². The summed E-state index contributed by atoms with van der Waals surface area (Å²) in [7, 11) is 0.833. The molecule has 15 heteroatoms. The first-order valence-corrected chi connectivity index (χ1v) is 7.59. The summed E-state index contributed by atoms with van der Waals surface area (Å²) in [6.07, 6.45) is -25.1. The predicted octanol–water partition coefficient (Wildman–Crippen LogP) is 3.68. The third-order valence-corrected chi connectivity index (χ3v) is 3.60. The van der Waals surface area contributed by atoms with E-state index in [0.29, 0.717) is 0 Å². The van der Waals surface area contributed by atoms with E-state index in [4.69, 9.17) is 0 Å². The van der Waals surface area contributed by atoms with Gasteiger partial charge in [0.05, 0.1) is 19.5 Å². The molecule has 0 N–H and O–H groups in total. The number of hydrogen-bond acceptors (Lipinski definition) is 5. The van der Waals surface area contributed by atoms with Crippen molar-refractivity contribution in [3.63, 3.8) is 0 Å². The average molecular weight is 454 g/mol. The number of methoxy groups -OCH3 is 1. The van der Waals surface area contributed by atoms with Crippen LogP contribution in [0.3, 0.4) is 0 Å². The fourth-order valence-electron chi connectivity index (χ4n) is 2.34. The van der Waals surface area contributed by atoms with E-state index in [-0.39, 0.29) is 6.26 Å². The van der Waals surface area contributed by atoms with Crippen molar-refractivity contribution in [2.24, 2.45) is 0 Å². The first-order valence-electron chi connectivity index (χ1n) is 7.59. The molecular weight excluding hydrogens is 438 g/mol. The van der Waals surface area contributed by atoms with E-state index in [2.05, 4.69) is 30.3 Å². The van der Waals surface area contributed by atoms with Gasteiger partial charge in [-0.25, -0.2) is 8.78 Å². The highest BCUT2D eigenvalue weighted by Crippen LogP contribution is 2.43. The summed E-state index contributed by atoms with van der Waals surface area (Å²) >= 11 is 0. The summed E-state index contributed by atoms with van der Waals surface area (Å²) in [6.45, 7) is -1.17. The second-order valence-electron chi connectivity index (χ2n) is 5.72. The Morgan fingerprint density at radius 3 is 1.72 bits per heavy atom. The van der Waals surface area contributed by atoms with Gasteiger partial charge in [0.15, 0.2) is 0 Å². The molecule has 172 valence electrons. The summed E-state index contributed by atoms with van der Waals surface area (Å²) in [4.78, 5) is 0. The molecule has 1 rings (SSSR count). The zero-order chi connectivity index (χ0) is 22.7. The van der Waals surface area contributed by atoms with Gasteiger partial charge in [-0.15, -0.1) is 0 Å². The van der Waals surface area contributed by atoms with Crippen molar-refractivity contribution in [2.45, 2.75) is 48.6 Å². The summed E-state index contributed by atoms with van der Waals surface area (Å²) in [5.74, 6) is -10.0. The molecule has 0 radical (unpaired) electrons. The van der Waals surface area contributed by atoms with Gasteiger partial charge in [0, 0.05) is 7.11 Å². The van der Waals surface area contributed by atoms with Crippen molar-refractivity contribution in [1.82, 2.24) is 0 Å². The maximum Gasteiger partial charge on any atom is 0.431 e. The molecule has 4 unspecified atom stereocenters. The highest BCUT2D eigenvalue weighted by atomic mass is 19.4. The van der Waals surface area contributed by atoms with Crippen molar-refractivity contribution in [2.75, 3.05) is 27.1 Å². The molecule has 1 aliphatic heterocycles. The van der Waals surface area contributed by atoms with Gasteiger partial charge < -0.3 is 23.7 Å². The van der Waals surface area contributed by atoms with Gasteiger partial charge in [-0.1, -0.05) is 6.58 Å². The largest absolute Gasteiger partial charge is 0.483 e. The molecule has 5 nitrogen and oxygen atoms in total. The van der Waals surface area contributed by atoms with Crippen molar-refractivity contribution in [3.05, 3.63) is 12.8 Å². The molecule has 4 atom stereocenters. The number of ether oxygens (including phenoxy) is 5. The van der Waals surface area contributed by atoms with Crippen LogP contribution in [0.5, 0.6) is 0 Å². The van der Waals surface area contributed by atoms with Gasteiger partial charge in [0.25, 0.3) is 6.10 Å². The van der Waals surface area contributed by atoms with Crippen LogP contribution in [0.1, 0.15) is 0 Å². The van der Waals surface area contributed by atoms with Gasteiger partial charge >= 0.3 is 24.2 Å². The van der Waals surface area contributed by atoms with Crippen molar-refractivity contribution < 1.29 is 67.6 Å². The predicted molar refractivity (Wildman–Crippen MR) is 73.3 cm³/mol. The van der Waals surface area contributed by atoms with E-state index in [1.165, 1.54) is 0 Å². The summed E-state index contributed by atoms with van der Waals surface area (Å²) < 4.78 is 155. The summed E-state index contributed by atoms with van der Waals surface area (Å²) in [5.41, 5.74) is 0. The van der Waals surface area contributed by atoms with Gasteiger partial charge in [-0.2, -0.15) is 35.1 Å². The van der Waals surface area contributed by atoms with Crippen LogP contribution in [-0.4, -0.2) is 75.7 Å². The molecular formula is C14H16F10O5. The quantitative estimate of drug-likeness (QED) is 0.302. The molecule has 0 aliphatic carbocycles. The van der Waals surface area contributed by atoms with Crippen LogP contribution in [-0.2, 0) is 23.7 Å². The van der Waals surface area contributed by atoms with Crippen molar-refractivity contribution in [1.29, 1.82) is 0 Å². The van der Waals surface area contributed by atoms with Crippen LogP contribution < -0.4 is 0 Å².